The molecule has 6 nitrogen and oxygen atoms in total. The Morgan fingerprint density at radius 1 is 1.26 bits per heavy atom. The number of para-hydroxylation sites is 1. The Balaban J connectivity index is 1.47. The maximum atomic E-state index is 13.4. The van der Waals surface area contributed by atoms with Crippen molar-refractivity contribution < 1.29 is 4.79 Å². The molecule has 0 fully saturated rings. The third kappa shape index (κ3) is 2.62. The van der Waals surface area contributed by atoms with E-state index >= 15 is 0 Å². The highest BCUT2D eigenvalue weighted by Crippen LogP contribution is 2.37. The van der Waals surface area contributed by atoms with Gasteiger partial charge in [-0.05, 0) is 43.4 Å². The van der Waals surface area contributed by atoms with E-state index in [4.69, 9.17) is 5.26 Å². The molecule has 1 aliphatic carbocycles. The summed E-state index contributed by atoms with van der Waals surface area (Å²) in [6.45, 7) is 2.01. The van der Waals surface area contributed by atoms with Crippen molar-refractivity contribution in [2.75, 3.05) is 6.54 Å². The second-order valence-corrected chi connectivity index (χ2v) is 7.48. The zero-order valence-electron chi connectivity index (χ0n) is 15.1. The lowest BCUT2D eigenvalue weighted by atomic mass is 9.85. The Labute approximate surface area is 157 Å². The third-order valence-electron chi connectivity index (χ3n) is 5.85. The Kier molecular flexibility index (Phi) is 3.75. The van der Waals surface area contributed by atoms with Gasteiger partial charge in [0.05, 0.1) is 18.2 Å². The van der Waals surface area contributed by atoms with Crippen LogP contribution in [-0.4, -0.2) is 32.1 Å². The van der Waals surface area contributed by atoms with Gasteiger partial charge < -0.3 is 9.88 Å². The summed E-state index contributed by atoms with van der Waals surface area (Å²) in [5, 5.41) is 14.7. The van der Waals surface area contributed by atoms with Crippen LogP contribution in [0.5, 0.6) is 0 Å². The molecule has 0 saturated heterocycles. The van der Waals surface area contributed by atoms with Gasteiger partial charge in [0.2, 0.25) is 5.91 Å². The van der Waals surface area contributed by atoms with Crippen LogP contribution < -0.4 is 0 Å². The van der Waals surface area contributed by atoms with E-state index in [1.54, 1.807) is 6.07 Å². The lowest BCUT2D eigenvalue weighted by Crippen LogP contribution is -2.36. The molecule has 5 rings (SSSR count). The number of aryl methyl sites for hydroxylation is 2. The second-order valence-electron chi connectivity index (χ2n) is 7.48. The van der Waals surface area contributed by atoms with Crippen LogP contribution in [0.4, 0.5) is 0 Å². The van der Waals surface area contributed by atoms with Gasteiger partial charge in [0.1, 0.15) is 6.07 Å². The highest BCUT2D eigenvalue weighted by molar-refractivity contribution is 5.90. The molecule has 136 valence electrons. The molecule has 0 radical (unpaired) electrons. The molecule has 1 N–H and O–H groups in total. The highest BCUT2D eigenvalue weighted by atomic mass is 16.2. The summed E-state index contributed by atoms with van der Waals surface area (Å²) in [6, 6.07) is 12.2. The smallest absolute Gasteiger partial charge is 0.231 e. The Hall–Kier alpha value is -3.07. The van der Waals surface area contributed by atoms with E-state index in [2.05, 4.69) is 34.4 Å². The average molecular weight is 359 g/mol. The van der Waals surface area contributed by atoms with Gasteiger partial charge in [0.25, 0.3) is 0 Å². The van der Waals surface area contributed by atoms with Crippen LogP contribution in [-0.2, 0) is 24.3 Å². The van der Waals surface area contributed by atoms with E-state index in [1.807, 2.05) is 15.6 Å². The number of hydrogen-bond acceptors (Lipinski definition) is 3. The first-order valence-electron chi connectivity index (χ1n) is 9.59. The van der Waals surface area contributed by atoms with Crippen molar-refractivity contribution in [2.24, 2.45) is 0 Å². The molecule has 0 saturated carbocycles. The minimum absolute atomic E-state index is 0.106. The molecule has 2 aliphatic rings. The number of nitrogens with zero attached hydrogens (tertiary/aromatic N) is 4. The van der Waals surface area contributed by atoms with Crippen molar-refractivity contribution in [2.45, 2.75) is 44.7 Å². The largest absolute Gasteiger partial charge is 0.357 e. The predicted octanol–water partition coefficient (Wildman–Crippen LogP) is 3.09. The molecule has 0 bridgehead atoms. The fourth-order valence-corrected chi connectivity index (χ4v) is 4.59. The van der Waals surface area contributed by atoms with Crippen molar-refractivity contribution in [3.05, 3.63) is 53.0 Å². The first-order valence-corrected chi connectivity index (χ1v) is 9.59. The standard InChI is InChI=1S/C21H21N5O/c22-12-14-11-15-13-25(9-4-10-26(15)24-14)21(27)18-7-3-6-17-16-5-1-2-8-19(16)23-20(17)18/h1-2,5,8,11,18,23H,3-4,6-7,9-10,13H2. The molecular weight excluding hydrogens is 338 g/mol. The van der Waals surface area contributed by atoms with Gasteiger partial charge in [-0.1, -0.05) is 18.2 Å². The fraction of sp³-hybridized carbons (Fsp3) is 0.381. The number of fused-ring (bicyclic) bond motifs is 4. The molecule has 1 aromatic carbocycles. The summed E-state index contributed by atoms with van der Waals surface area (Å²) in [4.78, 5) is 18.9. The van der Waals surface area contributed by atoms with Crippen LogP contribution in [0.25, 0.3) is 10.9 Å². The molecule has 3 aromatic rings. The molecule has 27 heavy (non-hydrogen) atoms. The number of nitrogens with one attached hydrogen (secondary N) is 1. The number of benzene rings is 1. The number of carbonyl (C=O) groups excluding carboxylic acids is 1. The summed E-state index contributed by atoms with van der Waals surface area (Å²) in [5.74, 6) is 0.0849. The van der Waals surface area contributed by atoms with Gasteiger partial charge in [-0.15, -0.1) is 0 Å². The normalized spacial score (nSPS) is 19.2. The van der Waals surface area contributed by atoms with Crippen molar-refractivity contribution in [1.82, 2.24) is 19.7 Å². The molecule has 1 atom stereocenters. The Bertz CT molecular complexity index is 1070. The number of amides is 1. The van der Waals surface area contributed by atoms with E-state index in [-0.39, 0.29) is 11.8 Å². The van der Waals surface area contributed by atoms with Crippen molar-refractivity contribution >= 4 is 16.8 Å². The molecular formula is C21H21N5O. The summed E-state index contributed by atoms with van der Waals surface area (Å²) in [5.41, 5.74) is 4.90. The van der Waals surface area contributed by atoms with Gasteiger partial charge in [0, 0.05) is 29.7 Å². The zero-order valence-corrected chi connectivity index (χ0v) is 15.1. The number of aromatic nitrogens is 3. The van der Waals surface area contributed by atoms with Crippen LogP contribution in [0.15, 0.2) is 30.3 Å². The minimum atomic E-state index is -0.106. The third-order valence-corrected chi connectivity index (χ3v) is 5.85. The van der Waals surface area contributed by atoms with Gasteiger partial charge in [-0.2, -0.15) is 10.4 Å². The van der Waals surface area contributed by atoms with E-state index < -0.39 is 0 Å². The second kappa shape index (κ2) is 6.27. The van der Waals surface area contributed by atoms with Gasteiger partial charge >= 0.3 is 0 Å². The summed E-state index contributed by atoms with van der Waals surface area (Å²) >= 11 is 0. The van der Waals surface area contributed by atoms with Crippen LogP contribution >= 0.6 is 0 Å². The first kappa shape index (κ1) is 16.1. The van der Waals surface area contributed by atoms with Crippen molar-refractivity contribution in [3.63, 3.8) is 0 Å². The van der Waals surface area contributed by atoms with Crippen LogP contribution in [0.3, 0.4) is 0 Å². The SMILES string of the molecule is N#Cc1cc2n(n1)CCCN(C(=O)C1CCCc3c1[nH]c1ccccc31)C2. The maximum absolute atomic E-state index is 13.4. The number of hydrogen-bond donors (Lipinski definition) is 1. The summed E-state index contributed by atoms with van der Waals surface area (Å²) < 4.78 is 1.88. The topological polar surface area (TPSA) is 77.7 Å². The molecule has 2 aromatic heterocycles. The van der Waals surface area contributed by atoms with E-state index in [0.29, 0.717) is 12.2 Å². The fourth-order valence-electron chi connectivity index (χ4n) is 4.59. The van der Waals surface area contributed by atoms with E-state index in [1.165, 1.54) is 10.9 Å². The lowest BCUT2D eigenvalue weighted by Gasteiger charge is -2.28. The molecule has 1 aliphatic heterocycles. The van der Waals surface area contributed by atoms with Crippen LogP contribution in [0, 0.1) is 11.3 Å². The maximum Gasteiger partial charge on any atom is 0.231 e. The molecule has 1 amide bonds. The van der Waals surface area contributed by atoms with Crippen molar-refractivity contribution in [1.29, 1.82) is 5.26 Å². The predicted molar refractivity (Wildman–Crippen MR) is 101 cm³/mol. The summed E-state index contributed by atoms with van der Waals surface area (Å²) in [7, 11) is 0. The summed E-state index contributed by atoms with van der Waals surface area (Å²) in [6.07, 6.45) is 3.81. The van der Waals surface area contributed by atoms with Crippen LogP contribution in [0.2, 0.25) is 0 Å². The monoisotopic (exact) mass is 359 g/mol. The van der Waals surface area contributed by atoms with Crippen molar-refractivity contribution in [3.8, 4) is 6.07 Å². The first-order chi connectivity index (χ1) is 13.2. The number of carbonyl (C=O) groups is 1. The zero-order chi connectivity index (χ0) is 18.4. The quantitative estimate of drug-likeness (QED) is 0.725. The molecule has 6 heteroatoms. The lowest BCUT2D eigenvalue weighted by molar-refractivity contribution is -0.133. The van der Waals surface area contributed by atoms with E-state index in [9.17, 15) is 4.79 Å². The number of aromatic amines is 1. The average Bonchev–Trinajstić information content (AvgIpc) is 3.21. The molecule has 0 spiro atoms. The van der Waals surface area contributed by atoms with E-state index in [0.717, 1.165) is 55.7 Å². The number of nitriles is 1. The minimum Gasteiger partial charge on any atom is -0.357 e. The number of rotatable bonds is 1. The van der Waals surface area contributed by atoms with Gasteiger partial charge in [-0.3, -0.25) is 9.48 Å². The van der Waals surface area contributed by atoms with Crippen LogP contribution in [0.1, 0.15) is 47.8 Å². The Morgan fingerprint density at radius 2 is 2.15 bits per heavy atom. The molecule has 3 heterocycles. The van der Waals surface area contributed by atoms with Gasteiger partial charge in [-0.25, -0.2) is 0 Å². The highest BCUT2D eigenvalue weighted by Gasteiger charge is 2.33. The van der Waals surface area contributed by atoms with Gasteiger partial charge in [0.15, 0.2) is 5.69 Å². The Morgan fingerprint density at radius 3 is 3.04 bits per heavy atom. The number of H-pyrrole nitrogens is 1. The molecule has 1 unspecified atom stereocenters.